The summed E-state index contributed by atoms with van der Waals surface area (Å²) in [5.41, 5.74) is 9.88. The number of para-hydroxylation sites is 2. The Morgan fingerprint density at radius 1 is 1.09 bits per heavy atom. The second kappa shape index (κ2) is 7.81. The molecule has 0 radical (unpaired) electrons. The lowest BCUT2D eigenvalue weighted by atomic mass is 10.0. The van der Waals surface area contributed by atoms with Gasteiger partial charge in [0.15, 0.2) is 0 Å². The van der Waals surface area contributed by atoms with Gasteiger partial charge in [-0.15, -0.1) is 24.8 Å². The van der Waals surface area contributed by atoms with Crippen molar-refractivity contribution in [2.45, 2.75) is 12.5 Å². The third-order valence-corrected chi connectivity index (χ3v) is 3.30. The van der Waals surface area contributed by atoms with Crippen molar-refractivity contribution in [2.24, 2.45) is 5.73 Å². The first-order chi connectivity index (χ1) is 9.76. The van der Waals surface area contributed by atoms with Crippen LogP contribution in [-0.4, -0.2) is 9.97 Å². The molecule has 0 aliphatic heterocycles. The SMILES string of the molecule is Cl.Cl.N#Cc1ccc(CC(N)c2nc3ccccc3[nH]2)cc1. The number of hydrogen-bond acceptors (Lipinski definition) is 3. The maximum absolute atomic E-state index is 8.78. The molecule has 3 rings (SSSR count). The number of rotatable bonds is 3. The number of nitrogens with two attached hydrogens (primary N) is 1. The van der Waals surface area contributed by atoms with Crippen molar-refractivity contribution < 1.29 is 0 Å². The average Bonchev–Trinajstić information content (AvgIpc) is 2.92. The number of nitriles is 1. The normalized spacial score (nSPS) is 11.1. The molecular formula is C16H16Cl2N4. The highest BCUT2D eigenvalue weighted by atomic mass is 35.5. The van der Waals surface area contributed by atoms with Crippen LogP contribution in [0.15, 0.2) is 48.5 Å². The van der Waals surface area contributed by atoms with Gasteiger partial charge in [-0.3, -0.25) is 0 Å². The number of nitrogens with one attached hydrogen (secondary N) is 1. The van der Waals surface area contributed by atoms with Gasteiger partial charge in [0, 0.05) is 0 Å². The Morgan fingerprint density at radius 3 is 2.41 bits per heavy atom. The van der Waals surface area contributed by atoms with Crippen LogP contribution in [0.1, 0.15) is 23.0 Å². The molecule has 0 aliphatic carbocycles. The van der Waals surface area contributed by atoms with Crippen molar-refractivity contribution in [1.82, 2.24) is 9.97 Å². The third kappa shape index (κ3) is 3.77. The summed E-state index contributed by atoms with van der Waals surface area (Å²) in [5.74, 6) is 0.788. The molecule has 1 atom stereocenters. The molecule has 3 aromatic rings. The Hall–Kier alpha value is -2.06. The number of imidazole rings is 1. The van der Waals surface area contributed by atoms with Gasteiger partial charge in [-0.2, -0.15) is 5.26 Å². The fourth-order valence-electron chi connectivity index (χ4n) is 2.21. The molecule has 4 nitrogen and oxygen atoms in total. The Bertz CT molecular complexity index is 742. The molecule has 0 amide bonds. The molecule has 0 fully saturated rings. The molecule has 2 aromatic carbocycles. The summed E-state index contributed by atoms with van der Waals surface area (Å²) >= 11 is 0. The van der Waals surface area contributed by atoms with Gasteiger partial charge in [0.05, 0.1) is 28.7 Å². The summed E-state index contributed by atoms with van der Waals surface area (Å²) in [6, 6.07) is 17.3. The van der Waals surface area contributed by atoms with E-state index < -0.39 is 0 Å². The van der Waals surface area contributed by atoms with Gasteiger partial charge in [-0.25, -0.2) is 4.98 Å². The molecule has 0 saturated heterocycles. The van der Waals surface area contributed by atoms with Gasteiger partial charge >= 0.3 is 0 Å². The number of halogens is 2. The lowest BCUT2D eigenvalue weighted by Crippen LogP contribution is -2.14. The third-order valence-electron chi connectivity index (χ3n) is 3.30. The van der Waals surface area contributed by atoms with Gasteiger partial charge in [-0.05, 0) is 36.2 Å². The molecule has 1 unspecified atom stereocenters. The van der Waals surface area contributed by atoms with E-state index in [4.69, 9.17) is 11.0 Å². The minimum atomic E-state index is -0.185. The molecule has 0 aliphatic rings. The highest BCUT2D eigenvalue weighted by Crippen LogP contribution is 2.18. The quantitative estimate of drug-likeness (QED) is 0.769. The average molecular weight is 335 g/mol. The summed E-state index contributed by atoms with van der Waals surface area (Å²) in [4.78, 5) is 7.76. The van der Waals surface area contributed by atoms with Crippen LogP contribution in [-0.2, 0) is 6.42 Å². The number of benzene rings is 2. The van der Waals surface area contributed by atoms with Gasteiger partial charge < -0.3 is 10.7 Å². The second-order valence-electron chi connectivity index (χ2n) is 4.76. The van der Waals surface area contributed by atoms with E-state index in [2.05, 4.69) is 16.0 Å². The first-order valence-corrected chi connectivity index (χ1v) is 6.45. The van der Waals surface area contributed by atoms with E-state index >= 15 is 0 Å². The second-order valence-corrected chi connectivity index (χ2v) is 4.76. The number of H-pyrrole nitrogens is 1. The number of nitrogens with zero attached hydrogens (tertiary/aromatic N) is 2. The van der Waals surface area contributed by atoms with E-state index in [0.29, 0.717) is 12.0 Å². The minimum absolute atomic E-state index is 0. The number of aromatic amines is 1. The number of hydrogen-bond donors (Lipinski definition) is 2. The van der Waals surface area contributed by atoms with Gasteiger partial charge in [0.25, 0.3) is 0 Å². The summed E-state index contributed by atoms with van der Waals surface area (Å²) in [5, 5.41) is 8.78. The van der Waals surface area contributed by atoms with Crippen LogP contribution in [0.2, 0.25) is 0 Å². The Morgan fingerprint density at radius 2 is 1.77 bits per heavy atom. The highest BCUT2D eigenvalue weighted by Gasteiger charge is 2.11. The zero-order valence-corrected chi connectivity index (χ0v) is 13.3. The van der Waals surface area contributed by atoms with Crippen LogP contribution in [0.4, 0.5) is 0 Å². The zero-order valence-electron chi connectivity index (χ0n) is 11.7. The van der Waals surface area contributed by atoms with Crippen LogP contribution in [0, 0.1) is 11.3 Å². The number of aromatic nitrogens is 2. The van der Waals surface area contributed by atoms with Crippen LogP contribution in [0.5, 0.6) is 0 Å². The molecule has 0 bridgehead atoms. The molecule has 1 aromatic heterocycles. The van der Waals surface area contributed by atoms with Gasteiger partial charge in [-0.1, -0.05) is 24.3 Å². The van der Waals surface area contributed by atoms with E-state index in [1.54, 1.807) is 12.1 Å². The summed E-state index contributed by atoms with van der Waals surface area (Å²) in [6.45, 7) is 0. The largest absolute Gasteiger partial charge is 0.341 e. The van der Waals surface area contributed by atoms with Gasteiger partial charge in [0.1, 0.15) is 5.82 Å². The van der Waals surface area contributed by atoms with E-state index in [9.17, 15) is 0 Å². The summed E-state index contributed by atoms with van der Waals surface area (Å²) in [6.07, 6.45) is 0.686. The lowest BCUT2D eigenvalue weighted by Gasteiger charge is -2.08. The lowest BCUT2D eigenvalue weighted by molar-refractivity contribution is 0.680. The monoisotopic (exact) mass is 334 g/mol. The highest BCUT2D eigenvalue weighted by molar-refractivity contribution is 5.85. The predicted octanol–water partition coefficient (Wildman–Crippen LogP) is 3.52. The molecular weight excluding hydrogens is 319 g/mol. The molecule has 3 N–H and O–H groups in total. The van der Waals surface area contributed by atoms with Crippen molar-refractivity contribution in [2.75, 3.05) is 0 Å². The van der Waals surface area contributed by atoms with E-state index in [1.807, 2.05) is 36.4 Å². The molecule has 22 heavy (non-hydrogen) atoms. The zero-order chi connectivity index (χ0) is 13.9. The van der Waals surface area contributed by atoms with Crippen molar-refractivity contribution in [3.05, 3.63) is 65.5 Å². The smallest absolute Gasteiger partial charge is 0.124 e. The van der Waals surface area contributed by atoms with E-state index in [0.717, 1.165) is 22.4 Å². The van der Waals surface area contributed by atoms with E-state index in [-0.39, 0.29) is 30.9 Å². The van der Waals surface area contributed by atoms with Crippen molar-refractivity contribution in [1.29, 1.82) is 5.26 Å². The van der Waals surface area contributed by atoms with Crippen LogP contribution < -0.4 is 5.73 Å². The van der Waals surface area contributed by atoms with Crippen molar-refractivity contribution in [3.8, 4) is 6.07 Å². The molecule has 114 valence electrons. The summed E-state index contributed by atoms with van der Waals surface area (Å²) in [7, 11) is 0. The molecule has 0 saturated carbocycles. The number of fused-ring (bicyclic) bond motifs is 1. The Balaban J connectivity index is 0.00000121. The topological polar surface area (TPSA) is 78.5 Å². The minimum Gasteiger partial charge on any atom is -0.341 e. The molecule has 6 heteroatoms. The van der Waals surface area contributed by atoms with Crippen LogP contribution in [0.25, 0.3) is 11.0 Å². The Kier molecular flexibility index (Phi) is 6.39. The van der Waals surface area contributed by atoms with Crippen LogP contribution >= 0.6 is 24.8 Å². The van der Waals surface area contributed by atoms with Crippen LogP contribution in [0.3, 0.4) is 0 Å². The first-order valence-electron chi connectivity index (χ1n) is 6.45. The van der Waals surface area contributed by atoms with E-state index in [1.165, 1.54) is 0 Å². The maximum Gasteiger partial charge on any atom is 0.124 e. The van der Waals surface area contributed by atoms with Gasteiger partial charge in [0.2, 0.25) is 0 Å². The Labute approximate surface area is 141 Å². The summed E-state index contributed by atoms with van der Waals surface area (Å²) < 4.78 is 0. The standard InChI is InChI=1S/C16H14N4.2ClH/c17-10-12-7-5-11(6-8-12)9-13(18)16-19-14-3-1-2-4-15(14)20-16;;/h1-8,13H,9,18H2,(H,19,20);2*1H. The first kappa shape index (κ1) is 18.0. The fourth-order valence-corrected chi connectivity index (χ4v) is 2.21. The fraction of sp³-hybridized carbons (Fsp3) is 0.125. The maximum atomic E-state index is 8.78. The molecule has 0 spiro atoms. The van der Waals surface area contributed by atoms with Crippen molar-refractivity contribution in [3.63, 3.8) is 0 Å². The predicted molar refractivity (Wildman–Crippen MR) is 92.4 cm³/mol. The van der Waals surface area contributed by atoms with Crippen molar-refractivity contribution >= 4 is 35.8 Å². The molecule has 1 heterocycles.